The van der Waals surface area contributed by atoms with Gasteiger partial charge in [-0.3, -0.25) is 4.90 Å². The van der Waals surface area contributed by atoms with Crippen molar-refractivity contribution in [1.29, 1.82) is 0 Å². The zero-order valence-electron chi connectivity index (χ0n) is 17.4. The van der Waals surface area contributed by atoms with E-state index in [-0.39, 0.29) is 31.7 Å². The van der Waals surface area contributed by atoms with Gasteiger partial charge in [0, 0.05) is 32.7 Å². The van der Waals surface area contributed by atoms with Gasteiger partial charge in [-0.25, -0.2) is 9.18 Å². The Bertz CT molecular complexity index is 695. The number of carbonyl (C=O) groups excluding carboxylic acids is 1. The van der Waals surface area contributed by atoms with Gasteiger partial charge in [0.05, 0.1) is 25.4 Å². The van der Waals surface area contributed by atoms with E-state index in [0.29, 0.717) is 58.0 Å². The molecule has 8 nitrogen and oxygen atoms in total. The molecular weight excluding hydrogens is 395 g/mol. The summed E-state index contributed by atoms with van der Waals surface area (Å²) in [5.74, 6) is 0.109. The van der Waals surface area contributed by atoms with E-state index in [1.165, 1.54) is 24.3 Å². The maximum atomic E-state index is 13.0. The van der Waals surface area contributed by atoms with E-state index in [4.69, 9.17) is 14.2 Å². The summed E-state index contributed by atoms with van der Waals surface area (Å²) < 4.78 is 29.3. The quantitative estimate of drug-likeness (QED) is 0.707. The average molecular weight is 426 g/mol. The van der Waals surface area contributed by atoms with Gasteiger partial charge >= 0.3 is 6.09 Å². The number of amides is 1. The number of halogens is 1. The van der Waals surface area contributed by atoms with Crippen molar-refractivity contribution in [2.45, 2.75) is 31.0 Å². The fraction of sp³-hybridized carbons (Fsp3) is 0.667. The third-order valence-corrected chi connectivity index (χ3v) is 5.50. The third kappa shape index (κ3) is 6.28. The van der Waals surface area contributed by atoms with Gasteiger partial charge in [0.2, 0.25) is 0 Å². The number of likely N-dealkylation sites (tertiary alicyclic amines) is 1. The Morgan fingerprint density at radius 3 is 2.53 bits per heavy atom. The molecule has 2 N–H and O–H groups in total. The van der Waals surface area contributed by atoms with E-state index in [2.05, 4.69) is 0 Å². The number of nitrogens with zero attached hydrogens (tertiary/aromatic N) is 2. The van der Waals surface area contributed by atoms with Crippen molar-refractivity contribution in [3.8, 4) is 5.75 Å². The number of β-amino-alcohol motifs (C(OH)–C–C–N with tert-alkyl or cyclic N) is 2. The molecule has 1 aromatic rings. The number of carbonyl (C=O) groups is 1. The molecule has 2 aliphatic rings. The molecule has 30 heavy (non-hydrogen) atoms. The molecule has 0 unspecified atom stereocenters. The third-order valence-electron chi connectivity index (χ3n) is 5.50. The van der Waals surface area contributed by atoms with E-state index >= 15 is 0 Å². The highest BCUT2D eigenvalue weighted by Crippen LogP contribution is 2.26. The highest BCUT2D eigenvalue weighted by atomic mass is 19.1. The van der Waals surface area contributed by atoms with E-state index in [9.17, 15) is 19.4 Å². The molecule has 0 aliphatic carbocycles. The second kappa shape index (κ2) is 9.91. The minimum atomic E-state index is -1.26. The number of rotatable bonds is 6. The molecule has 0 saturated carbocycles. The molecule has 0 bridgehead atoms. The highest BCUT2D eigenvalue weighted by Gasteiger charge is 2.39. The van der Waals surface area contributed by atoms with Crippen LogP contribution in [0.25, 0.3) is 0 Å². The van der Waals surface area contributed by atoms with Crippen LogP contribution in [0.5, 0.6) is 5.75 Å². The van der Waals surface area contributed by atoms with Crippen LogP contribution in [0.3, 0.4) is 0 Å². The number of benzene rings is 1. The monoisotopic (exact) mass is 426 g/mol. The van der Waals surface area contributed by atoms with Gasteiger partial charge in [0.25, 0.3) is 0 Å². The van der Waals surface area contributed by atoms with Crippen LogP contribution in [-0.2, 0) is 9.47 Å². The lowest BCUT2D eigenvalue weighted by molar-refractivity contribution is -0.0790. The molecule has 2 heterocycles. The van der Waals surface area contributed by atoms with Crippen LogP contribution in [0.4, 0.5) is 9.18 Å². The lowest BCUT2D eigenvalue weighted by atomic mass is 9.90. The van der Waals surface area contributed by atoms with Crippen molar-refractivity contribution >= 4 is 6.09 Å². The number of hydrogen-bond acceptors (Lipinski definition) is 7. The molecule has 2 saturated heterocycles. The highest BCUT2D eigenvalue weighted by molar-refractivity contribution is 5.67. The van der Waals surface area contributed by atoms with Crippen molar-refractivity contribution in [1.82, 2.24) is 9.80 Å². The number of ether oxygens (including phenoxy) is 3. The second-order valence-corrected chi connectivity index (χ2v) is 8.14. The van der Waals surface area contributed by atoms with Crippen LogP contribution in [0.2, 0.25) is 0 Å². The molecule has 1 aromatic carbocycles. The maximum absolute atomic E-state index is 13.0. The predicted molar refractivity (Wildman–Crippen MR) is 107 cm³/mol. The molecular formula is C21H31FN2O6. The Kier molecular flexibility index (Phi) is 7.51. The van der Waals surface area contributed by atoms with E-state index in [0.717, 1.165) is 0 Å². The van der Waals surface area contributed by atoms with Crippen molar-refractivity contribution < 1.29 is 33.6 Å². The summed E-state index contributed by atoms with van der Waals surface area (Å²) in [4.78, 5) is 15.4. The van der Waals surface area contributed by atoms with Gasteiger partial charge in [0.15, 0.2) is 0 Å². The van der Waals surface area contributed by atoms with E-state index in [1.54, 1.807) is 11.8 Å². The molecule has 0 spiro atoms. The minimum absolute atomic E-state index is 0.00973. The largest absolute Gasteiger partial charge is 0.490 e. The summed E-state index contributed by atoms with van der Waals surface area (Å²) in [5, 5.41) is 22.0. The Morgan fingerprint density at radius 2 is 1.87 bits per heavy atom. The standard InChI is InChI=1S/C21H31FN2O6/c1-2-29-19(25)24-9-7-20(26,8-10-24)13-23-11-12-28-15-21(27,14-23)16-30-18-5-3-17(22)4-6-18/h3-6,26-27H,2,7-16H2,1H3/t21-/m1/s1. The van der Waals surface area contributed by atoms with E-state index in [1.807, 2.05) is 4.90 Å². The summed E-state index contributed by atoms with van der Waals surface area (Å²) >= 11 is 0. The van der Waals surface area contributed by atoms with Gasteiger partial charge in [-0.2, -0.15) is 0 Å². The van der Waals surface area contributed by atoms with Crippen LogP contribution in [0.1, 0.15) is 19.8 Å². The van der Waals surface area contributed by atoms with Crippen molar-refractivity contribution in [2.24, 2.45) is 0 Å². The van der Waals surface area contributed by atoms with Gasteiger partial charge in [-0.05, 0) is 44.0 Å². The molecule has 1 atom stereocenters. The topological polar surface area (TPSA) is 91.7 Å². The number of aliphatic hydroxyl groups is 2. The summed E-state index contributed by atoms with van der Waals surface area (Å²) in [6.45, 7) is 4.70. The Balaban J connectivity index is 1.54. The second-order valence-electron chi connectivity index (χ2n) is 8.14. The first-order chi connectivity index (χ1) is 14.3. The lowest BCUT2D eigenvalue weighted by Gasteiger charge is -2.41. The zero-order chi connectivity index (χ0) is 21.6. The van der Waals surface area contributed by atoms with Crippen molar-refractivity contribution in [3.05, 3.63) is 30.1 Å². The molecule has 2 fully saturated rings. The first kappa shape index (κ1) is 22.7. The average Bonchev–Trinajstić information content (AvgIpc) is 2.89. The van der Waals surface area contributed by atoms with Gasteiger partial charge in [-0.1, -0.05) is 0 Å². The van der Waals surface area contributed by atoms with Crippen LogP contribution in [-0.4, -0.2) is 96.5 Å². The SMILES string of the molecule is CCOC(=O)N1CCC(O)(CN2CCOC[C@@](O)(COc3ccc(F)cc3)C2)CC1. The van der Waals surface area contributed by atoms with Gasteiger partial charge in [-0.15, -0.1) is 0 Å². The molecule has 3 rings (SSSR count). The van der Waals surface area contributed by atoms with Crippen LogP contribution in [0, 0.1) is 5.82 Å². The van der Waals surface area contributed by atoms with Crippen LogP contribution < -0.4 is 4.74 Å². The minimum Gasteiger partial charge on any atom is -0.490 e. The smallest absolute Gasteiger partial charge is 0.409 e. The van der Waals surface area contributed by atoms with Gasteiger partial charge in [0.1, 0.15) is 23.8 Å². The summed E-state index contributed by atoms with van der Waals surface area (Å²) in [6.07, 6.45) is 0.525. The normalized spacial score (nSPS) is 24.9. The molecule has 0 radical (unpaired) electrons. The summed E-state index contributed by atoms with van der Waals surface area (Å²) in [6, 6.07) is 5.61. The Morgan fingerprint density at radius 1 is 1.17 bits per heavy atom. The van der Waals surface area contributed by atoms with Crippen LogP contribution >= 0.6 is 0 Å². The number of piperidine rings is 1. The number of hydrogen-bond donors (Lipinski definition) is 2. The maximum Gasteiger partial charge on any atom is 0.409 e. The Labute approximate surface area is 176 Å². The Hall–Kier alpha value is -1.94. The fourth-order valence-corrected chi connectivity index (χ4v) is 3.86. The van der Waals surface area contributed by atoms with Gasteiger partial charge < -0.3 is 29.3 Å². The van der Waals surface area contributed by atoms with Crippen molar-refractivity contribution in [3.63, 3.8) is 0 Å². The molecule has 1 amide bonds. The molecule has 0 aromatic heterocycles. The van der Waals surface area contributed by atoms with Crippen molar-refractivity contribution in [2.75, 3.05) is 59.2 Å². The van der Waals surface area contributed by atoms with E-state index < -0.39 is 11.2 Å². The fourth-order valence-electron chi connectivity index (χ4n) is 3.86. The molecule has 2 aliphatic heterocycles. The lowest BCUT2D eigenvalue weighted by Crippen LogP contribution is -2.55. The first-order valence-electron chi connectivity index (χ1n) is 10.4. The zero-order valence-corrected chi connectivity index (χ0v) is 17.4. The molecule has 168 valence electrons. The van der Waals surface area contributed by atoms with Crippen LogP contribution in [0.15, 0.2) is 24.3 Å². The predicted octanol–water partition coefficient (Wildman–Crippen LogP) is 1.25. The molecule has 9 heteroatoms. The first-order valence-corrected chi connectivity index (χ1v) is 10.4. The summed E-state index contributed by atoms with van der Waals surface area (Å²) in [5.41, 5.74) is -2.21. The summed E-state index contributed by atoms with van der Waals surface area (Å²) in [7, 11) is 0.